The van der Waals surface area contributed by atoms with Crippen LogP contribution in [0.1, 0.15) is 75.0 Å². The highest BCUT2D eigenvalue weighted by Gasteiger charge is 2.26. The van der Waals surface area contributed by atoms with Crippen molar-refractivity contribution in [3.8, 4) is 5.75 Å². The predicted molar refractivity (Wildman–Crippen MR) is 125 cm³/mol. The van der Waals surface area contributed by atoms with Crippen LogP contribution in [-0.2, 0) is 6.42 Å². The number of benzene rings is 2. The van der Waals surface area contributed by atoms with Gasteiger partial charge in [0, 0.05) is 12.1 Å². The van der Waals surface area contributed by atoms with E-state index in [0.29, 0.717) is 12.1 Å². The van der Waals surface area contributed by atoms with Gasteiger partial charge in [0.25, 0.3) is 0 Å². The monoisotopic (exact) mass is 406 g/mol. The number of hydrogen-bond acceptors (Lipinski definition) is 3. The molecule has 2 aromatic rings. The Hall–Kier alpha value is -1.58. The van der Waals surface area contributed by atoms with Crippen LogP contribution in [0, 0.1) is 5.92 Å². The van der Waals surface area contributed by atoms with Gasteiger partial charge in [0.15, 0.2) is 0 Å². The molecule has 0 aromatic heterocycles. The first kappa shape index (κ1) is 20.3. The predicted octanol–water partition coefficient (Wildman–Crippen LogP) is 5.86. The van der Waals surface area contributed by atoms with Crippen LogP contribution < -0.4 is 10.1 Å². The Kier molecular flexibility index (Phi) is 6.29. The molecule has 2 heterocycles. The fourth-order valence-corrected chi connectivity index (χ4v) is 6.19. The summed E-state index contributed by atoms with van der Waals surface area (Å²) in [5.74, 6) is 1.92. The normalized spacial score (nSPS) is 25.5. The third-order valence-corrected chi connectivity index (χ3v) is 7.94. The molecule has 3 aliphatic rings. The Morgan fingerprint density at radius 3 is 2.77 bits per heavy atom. The largest absolute Gasteiger partial charge is 0.494 e. The van der Waals surface area contributed by atoms with Crippen molar-refractivity contribution >= 4 is 10.8 Å². The maximum absolute atomic E-state index is 6.17. The van der Waals surface area contributed by atoms with Crippen molar-refractivity contribution in [1.29, 1.82) is 0 Å². The van der Waals surface area contributed by atoms with Gasteiger partial charge in [-0.2, -0.15) is 0 Å². The Morgan fingerprint density at radius 1 is 1.03 bits per heavy atom. The highest BCUT2D eigenvalue weighted by molar-refractivity contribution is 5.88. The maximum atomic E-state index is 6.17. The van der Waals surface area contributed by atoms with Crippen LogP contribution in [0.25, 0.3) is 10.8 Å². The SMILES string of the molecule is CN1CCC[C@H]1CCOc1ccc2c3c(ccc2c1)CCNC3CC1CCCCC1. The van der Waals surface area contributed by atoms with E-state index in [-0.39, 0.29) is 0 Å². The van der Waals surface area contributed by atoms with E-state index < -0.39 is 0 Å². The van der Waals surface area contributed by atoms with Gasteiger partial charge in [0.1, 0.15) is 5.75 Å². The molecule has 1 saturated heterocycles. The van der Waals surface area contributed by atoms with E-state index >= 15 is 0 Å². The molecule has 30 heavy (non-hydrogen) atoms. The van der Waals surface area contributed by atoms with Gasteiger partial charge in [-0.05, 0) is 92.2 Å². The quantitative estimate of drug-likeness (QED) is 0.650. The minimum absolute atomic E-state index is 0.519. The fraction of sp³-hybridized carbons (Fsp3) is 0.630. The third-order valence-electron chi connectivity index (χ3n) is 7.94. The first-order valence-electron chi connectivity index (χ1n) is 12.4. The third kappa shape index (κ3) is 4.38. The van der Waals surface area contributed by atoms with Crippen LogP contribution in [0.2, 0.25) is 0 Å². The molecule has 0 spiro atoms. The summed E-state index contributed by atoms with van der Waals surface area (Å²) in [7, 11) is 2.24. The average Bonchev–Trinajstić information content (AvgIpc) is 3.19. The van der Waals surface area contributed by atoms with Crippen LogP contribution >= 0.6 is 0 Å². The molecule has 3 heteroatoms. The molecular formula is C27H38N2O. The second-order valence-corrected chi connectivity index (χ2v) is 9.93. The zero-order valence-electron chi connectivity index (χ0n) is 18.7. The Balaban J connectivity index is 1.31. The van der Waals surface area contributed by atoms with E-state index in [1.165, 1.54) is 68.7 Å². The number of rotatable bonds is 6. The van der Waals surface area contributed by atoms with Gasteiger partial charge in [0.2, 0.25) is 0 Å². The molecule has 5 rings (SSSR count). The van der Waals surface area contributed by atoms with E-state index in [1.54, 1.807) is 11.1 Å². The molecule has 2 aliphatic heterocycles. The standard InChI is InChI=1S/C27H38N2O/c1-29-16-5-8-23(29)14-17-30-24-11-12-25-22(19-24)10-9-21-13-15-28-26(27(21)25)18-20-6-3-2-4-7-20/h9-12,19-20,23,26,28H,2-8,13-18H2,1H3/t23-,26?/m0/s1. The second-order valence-electron chi connectivity index (χ2n) is 9.93. The molecular weight excluding hydrogens is 368 g/mol. The highest BCUT2D eigenvalue weighted by atomic mass is 16.5. The van der Waals surface area contributed by atoms with Crippen molar-refractivity contribution < 1.29 is 4.74 Å². The number of likely N-dealkylation sites (tertiary alicyclic amines) is 1. The molecule has 2 aromatic carbocycles. The van der Waals surface area contributed by atoms with Crippen LogP contribution in [-0.4, -0.2) is 37.7 Å². The molecule has 0 amide bonds. The number of nitrogens with one attached hydrogen (secondary N) is 1. The van der Waals surface area contributed by atoms with Gasteiger partial charge >= 0.3 is 0 Å². The smallest absolute Gasteiger partial charge is 0.119 e. The Bertz CT molecular complexity index is 857. The lowest BCUT2D eigenvalue weighted by molar-refractivity contribution is 0.233. The Labute approximate surface area is 182 Å². The van der Waals surface area contributed by atoms with Crippen LogP contribution in [0.5, 0.6) is 5.75 Å². The summed E-state index contributed by atoms with van der Waals surface area (Å²) in [6.07, 6.45) is 13.4. The number of fused-ring (bicyclic) bond motifs is 3. The van der Waals surface area contributed by atoms with E-state index in [9.17, 15) is 0 Å². The Morgan fingerprint density at radius 2 is 1.93 bits per heavy atom. The number of ether oxygens (including phenoxy) is 1. The molecule has 3 nitrogen and oxygen atoms in total. The molecule has 1 unspecified atom stereocenters. The molecule has 0 radical (unpaired) electrons. The second kappa shape index (κ2) is 9.28. The lowest BCUT2D eigenvalue weighted by atomic mass is 9.80. The van der Waals surface area contributed by atoms with E-state index in [4.69, 9.17) is 4.74 Å². The zero-order chi connectivity index (χ0) is 20.3. The molecule has 1 N–H and O–H groups in total. The average molecular weight is 407 g/mol. The molecule has 0 bridgehead atoms. The summed E-state index contributed by atoms with van der Waals surface area (Å²) in [5, 5.41) is 6.63. The molecule has 1 saturated carbocycles. The summed E-state index contributed by atoms with van der Waals surface area (Å²) in [6, 6.07) is 12.7. The zero-order valence-corrected chi connectivity index (χ0v) is 18.7. The van der Waals surface area contributed by atoms with Crippen molar-refractivity contribution in [3.05, 3.63) is 41.5 Å². The summed E-state index contributed by atoms with van der Waals surface area (Å²) < 4.78 is 6.17. The van der Waals surface area contributed by atoms with Crippen molar-refractivity contribution in [3.63, 3.8) is 0 Å². The summed E-state index contributed by atoms with van der Waals surface area (Å²) in [6.45, 7) is 3.17. The van der Waals surface area contributed by atoms with Gasteiger partial charge in [-0.3, -0.25) is 0 Å². The lowest BCUT2D eigenvalue weighted by Crippen LogP contribution is -2.31. The lowest BCUT2D eigenvalue weighted by Gasteiger charge is -2.32. The van der Waals surface area contributed by atoms with Crippen LogP contribution in [0.15, 0.2) is 30.3 Å². The number of nitrogens with zero attached hydrogens (tertiary/aromatic N) is 1. The highest BCUT2D eigenvalue weighted by Crippen LogP contribution is 2.38. The molecule has 2 atom stereocenters. The topological polar surface area (TPSA) is 24.5 Å². The van der Waals surface area contributed by atoms with Gasteiger partial charge in [-0.25, -0.2) is 0 Å². The molecule has 2 fully saturated rings. The minimum atomic E-state index is 0.519. The summed E-state index contributed by atoms with van der Waals surface area (Å²) in [5.41, 5.74) is 3.13. The van der Waals surface area contributed by atoms with Crippen LogP contribution in [0.4, 0.5) is 0 Å². The van der Waals surface area contributed by atoms with E-state index in [1.807, 2.05) is 0 Å². The van der Waals surface area contributed by atoms with Crippen molar-refractivity contribution in [2.24, 2.45) is 5.92 Å². The van der Waals surface area contributed by atoms with Crippen LogP contribution in [0.3, 0.4) is 0 Å². The molecule has 162 valence electrons. The number of hydrogen-bond donors (Lipinski definition) is 1. The van der Waals surface area contributed by atoms with E-state index in [2.05, 4.69) is 47.6 Å². The van der Waals surface area contributed by atoms with Gasteiger partial charge in [0.05, 0.1) is 6.61 Å². The fourth-order valence-electron chi connectivity index (χ4n) is 6.19. The van der Waals surface area contributed by atoms with E-state index in [0.717, 1.165) is 37.7 Å². The first-order valence-corrected chi connectivity index (χ1v) is 12.4. The van der Waals surface area contributed by atoms with Crippen molar-refractivity contribution in [2.75, 3.05) is 26.7 Å². The van der Waals surface area contributed by atoms with Gasteiger partial charge < -0.3 is 15.0 Å². The minimum Gasteiger partial charge on any atom is -0.494 e. The summed E-state index contributed by atoms with van der Waals surface area (Å²) >= 11 is 0. The van der Waals surface area contributed by atoms with Gasteiger partial charge in [-0.15, -0.1) is 0 Å². The first-order chi connectivity index (χ1) is 14.8. The van der Waals surface area contributed by atoms with Crippen molar-refractivity contribution in [1.82, 2.24) is 10.2 Å². The molecule has 1 aliphatic carbocycles. The van der Waals surface area contributed by atoms with Crippen molar-refractivity contribution in [2.45, 2.75) is 76.3 Å². The maximum Gasteiger partial charge on any atom is 0.119 e. The summed E-state index contributed by atoms with van der Waals surface area (Å²) in [4.78, 5) is 2.48. The van der Waals surface area contributed by atoms with Gasteiger partial charge in [-0.1, -0.05) is 50.3 Å².